The van der Waals surface area contributed by atoms with Crippen LogP contribution in [0.2, 0.25) is 0 Å². The Balaban J connectivity index is 1.78. The normalized spacial score (nSPS) is 11.7. The van der Waals surface area contributed by atoms with Crippen molar-refractivity contribution in [1.29, 1.82) is 5.26 Å². The van der Waals surface area contributed by atoms with Gasteiger partial charge in [0.05, 0.1) is 42.8 Å². The van der Waals surface area contributed by atoms with Gasteiger partial charge in [0, 0.05) is 30.3 Å². The van der Waals surface area contributed by atoms with Crippen LogP contribution in [0.1, 0.15) is 83.3 Å². The third-order valence-corrected chi connectivity index (χ3v) is 8.52. The first-order chi connectivity index (χ1) is 22.0. The molecule has 0 aliphatic rings. The van der Waals surface area contributed by atoms with Gasteiger partial charge in [-0.15, -0.1) is 0 Å². The Morgan fingerprint density at radius 3 is 2.27 bits per heavy atom. The van der Waals surface area contributed by atoms with Gasteiger partial charge in [-0.2, -0.15) is 9.99 Å². The van der Waals surface area contributed by atoms with Crippen molar-refractivity contribution in [3.05, 3.63) is 70.5 Å². The minimum absolute atomic E-state index is 0.105. The first kappa shape index (κ1) is 36.3. The van der Waals surface area contributed by atoms with Crippen LogP contribution < -0.4 is 9.57 Å². The molecular formula is C38H52N2O4S. The molecule has 0 spiro atoms. The van der Waals surface area contributed by atoms with E-state index in [0.29, 0.717) is 33.0 Å². The van der Waals surface area contributed by atoms with Crippen LogP contribution in [0.15, 0.2) is 54.9 Å². The first-order valence-electron chi connectivity index (χ1n) is 16.8. The molecule has 3 aromatic rings. The third-order valence-electron chi connectivity index (χ3n) is 8.08. The maximum absolute atomic E-state index is 9.59. The van der Waals surface area contributed by atoms with Gasteiger partial charge in [-0.05, 0) is 80.3 Å². The van der Waals surface area contributed by atoms with Crippen LogP contribution in [0.5, 0.6) is 5.75 Å². The lowest BCUT2D eigenvalue weighted by Crippen LogP contribution is -2.08. The number of nitriles is 1. The zero-order chi connectivity index (χ0) is 32.3. The van der Waals surface area contributed by atoms with Crippen LogP contribution in [0.3, 0.4) is 0 Å². The molecule has 1 heterocycles. The van der Waals surface area contributed by atoms with E-state index in [4.69, 9.17) is 31.3 Å². The van der Waals surface area contributed by atoms with Gasteiger partial charge in [0.2, 0.25) is 0 Å². The fourth-order valence-corrected chi connectivity index (χ4v) is 5.86. The molecular weight excluding hydrogens is 580 g/mol. The van der Waals surface area contributed by atoms with Crippen molar-refractivity contribution in [3.63, 3.8) is 0 Å². The Labute approximate surface area is 276 Å². The summed E-state index contributed by atoms with van der Waals surface area (Å²) in [5, 5.41) is 9.59. The Morgan fingerprint density at radius 2 is 1.53 bits per heavy atom. The van der Waals surface area contributed by atoms with E-state index in [-0.39, 0.29) is 5.92 Å². The molecule has 7 heteroatoms. The lowest BCUT2D eigenvalue weighted by atomic mass is 9.94. The van der Waals surface area contributed by atoms with E-state index in [2.05, 4.69) is 37.3 Å². The largest absolute Gasteiger partial charge is 0.494 e. The fraction of sp³-hybridized carbons (Fsp3) is 0.526. The molecule has 0 bridgehead atoms. The average molecular weight is 633 g/mol. The number of hydrogen-bond acceptors (Lipinski definition) is 6. The van der Waals surface area contributed by atoms with Crippen LogP contribution in [-0.2, 0) is 22.3 Å². The first-order valence-corrected chi connectivity index (χ1v) is 17.2. The molecule has 0 N–H and O–H groups in total. The number of aromatic nitrogens is 1. The molecule has 0 aliphatic heterocycles. The molecule has 3 rings (SSSR count). The van der Waals surface area contributed by atoms with Gasteiger partial charge in [-0.25, -0.2) is 0 Å². The number of rotatable bonds is 22. The predicted octanol–water partition coefficient (Wildman–Crippen LogP) is 9.43. The standard InChI is InChI=1S/C38H52N2O4S/c1-5-8-9-10-11-14-31(27-39)15-13-22-44-34-17-12-16-32(26-34)36-28-40(41-4)29-37(38(36)45)35-19-18-30(20-23-42-6-2)25-33(35)21-24-43-7-3/h12,16-19,25-26,28-29,31H,5-11,13-15,20-24H2,1-4H3. The van der Waals surface area contributed by atoms with E-state index < -0.39 is 0 Å². The van der Waals surface area contributed by atoms with Crippen LogP contribution in [0.25, 0.3) is 22.3 Å². The lowest BCUT2D eigenvalue weighted by molar-refractivity contribution is 0.150. The van der Waals surface area contributed by atoms with E-state index in [9.17, 15) is 5.26 Å². The van der Waals surface area contributed by atoms with Crippen molar-refractivity contribution in [1.82, 2.24) is 4.73 Å². The SMILES string of the molecule is CCCCCCCC(C#N)CCCOc1cccc(-c2cn(OC)cc(-c3ccc(CCOCC)cc3CCOCC)c2=S)c1. The Morgan fingerprint density at radius 1 is 0.800 bits per heavy atom. The minimum atomic E-state index is 0.105. The summed E-state index contributed by atoms with van der Waals surface area (Å²) in [6.07, 6.45) is 14.4. The van der Waals surface area contributed by atoms with Gasteiger partial charge in [0.1, 0.15) is 12.9 Å². The highest BCUT2D eigenvalue weighted by Gasteiger charge is 2.15. The quantitative estimate of drug-likeness (QED) is 0.0812. The molecule has 0 fully saturated rings. The number of ether oxygens (including phenoxy) is 3. The highest BCUT2D eigenvalue weighted by molar-refractivity contribution is 7.71. The van der Waals surface area contributed by atoms with Crippen molar-refractivity contribution >= 4 is 12.2 Å². The van der Waals surface area contributed by atoms with Crippen LogP contribution >= 0.6 is 12.2 Å². The second kappa shape index (κ2) is 20.8. The van der Waals surface area contributed by atoms with E-state index in [1.165, 1.54) is 36.8 Å². The summed E-state index contributed by atoms with van der Waals surface area (Å²) in [5.41, 5.74) is 6.32. The van der Waals surface area contributed by atoms with Gasteiger partial charge in [0.25, 0.3) is 0 Å². The lowest BCUT2D eigenvalue weighted by Gasteiger charge is -2.17. The summed E-state index contributed by atoms with van der Waals surface area (Å²) in [6, 6.07) is 17.1. The molecule has 6 nitrogen and oxygen atoms in total. The molecule has 1 unspecified atom stereocenters. The molecule has 0 aliphatic carbocycles. The van der Waals surface area contributed by atoms with Crippen molar-refractivity contribution in [2.45, 2.75) is 85.0 Å². The minimum Gasteiger partial charge on any atom is -0.494 e. The van der Waals surface area contributed by atoms with Crippen molar-refractivity contribution in [2.24, 2.45) is 5.92 Å². The van der Waals surface area contributed by atoms with Crippen LogP contribution in [0, 0.1) is 21.8 Å². The molecule has 45 heavy (non-hydrogen) atoms. The van der Waals surface area contributed by atoms with E-state index in [1.54, 1.807) is 11.8 Å². The molecule has 244 valence electrons. The summed E-state index contributed by atoms with van der Waals surface area (Å²) in [6.45, 7) is 9.57. The maximum Gasteiger partial charge on any atom is 0.119 e. The number of hydrogen-bond donors (Lipinski definition) is 0. The third kappa shape index (κ3) is 11.9. The Bertz CT molecular complexity index is 1400. The van der Waals surface area contributed by atoms with Crippen molar-refractivity contribution in [2.75, 3.05) is 40.1 Å². The summed E-state index contributed by atoms with van der Waals surface area (Å²) in [4.78, 5) is 5.68. The number of pyridine rings is 1. The molecule has 1 atom stereocenters. The molecule has 1 aromatic heterocycles. The second-order valence-corrected chi connectivity index (χ2v) is 11.8. The molecule has 2 aromatic carbocycles. The Hall–Kier alpha value is -3.18. The smallest absolute Gasteiger partial charge is 0.119 e. The predicted molar refractivity (Wildman–Crippen MR) is 186 cm³/mol. The number of unbranched alkanes of at least 4 members (excludes halogenated alkanes) is 4. The summed E-state index contributed by atoms with van der Waals surface area (Å²) >= 11 is 6.14. The van der Waals surface area contributed by atoms with Gasteiger partial charge >= 0.3 is 0 Å². The molecule has 0 saturated heterocycles. The monoisotopic (exact) mass is 632 g/mol. The molecule has 0 amide bonds. The van der Waals surface area contributed by atoms with Gasteiger partial charge < -0.3 is 19.0 Å². The second-order valence-electron chi connectivity index (χ2n) is 11.4. The van der Waals surface area contributed by atoms with Gasteiger partial charge in [-0.3, -0.25) is 0 Å². The van der Waals surface area contributed by atoms with Crippen molar-refractivity contribution < 1.29 is 19.0 Å². The highest BCUT2D eigenvalue weighted by Crippen LogP contribution is 2.33. The average Bonchev–Trinajstić information content (AvgIpc) is 3.06. The van der Waals surface area contributed by atoms with E-state index in [0.717, 1.165) is 71.0 Å². The highest BCUT2D eigenvalue weighted by atomic mass is 32.1. The molecule has 0 radical (unpaired) electrons. The van der Waals surface area contributed by atoms with E-state index >= 15 is 0 Å². The fourth-order valence-electron chi connectivity index (χ4n) is 5.53. The summed E-state index contributed by atoms with van der Waals surface area (Å²) in [5.74, 6) is 0.897. The van der Waals surface area contributed by atoms with Crippen LogP contribution in [0.4, 0.5) is 0 Å². The number of nitrogens with zero attached hydrogens (tertiary/aromatic N) is 2. The van der Waals surface area contributed by atoms with Crippen LogP contribution in [-0.4, -0.2) is 44.9 Å². The number of benzene rings is 2. The molecule has 0 saturated carbocycles. The van der Waals surface area contributed by atoms with Gasteiger partial charge in [-0.1, -0.05) is 81.6 Å². The topological polar surface area (TPSA) is 65.6 Å². The zero-order valence-corrected chi connectivity index (χ0v) is 28.6. The Kier molecular flexibility index (Phi) is 16.8. The van der Waals surface area contributed by atoms with Gasteiger partial charge in [0.15, 0.2) is 0 Å². The summed E-state index contributed by atoms with van der Waals surface area (Å²) in [7, 11) is 1.66. The zero-order valence-electron chi connectivity index (χ0n) is 27.8. The summed E-state index contributed by atoms with van der Waals surface area (Å²) < 4.78 is 20.0. The maximum atomic E-state index is 9.59. The van der Waals surface area contributed by atoms with Crippen molar-refractivity contribution in [3.8, 4) is 34.1 Å². The van der Waals surface area contributed by atoms with E-state index in [1.807, 2.05) is 44.4 Å².